The van der Waals surface area contributed by atoms with Crippen LogP contribution in [0.1, 0.15) is 29.8 Å². The van der Waals surface area contributed by atoms with Gasteiger partial charge in [-0.2, -0.15) is 4.36 Å². The molecule has 150 valence electrons. The summed E-state index contributed by atoms with van der Waals surface area (Å²) in [4.78, 5) is 19.1. The molecule has 0 aliphatic carbocycles. The lowest BCUT2D eigenvalue weighted by Crippen LogP contribution is -2.14. The molecule has 0 bridgehead atoms. The number of amides is 1. The molecule has 0 saturated heterocycles. The van der Waals surface area contributed by atoms with Crippen molar-refractivity contribution in [2.45, 2.75) is 25.7 Å². The largest absolute Gasteiger partial charge is 0.366 e. The first-order valence-electron chi connectivity index (χ1n) is 8.79. The van der Waals surface area contributed by atoms with E-state index in [1.165, 1.54) is 18.2 Å². The van der Waals surface area contributed by atoms with Crippen LogP contribution in [0, 0.1) is 12.7 Å². The van der Waals surface area contributed by atoms with Crippen molar-refractivity contribution in [3.63, 3.8) is 0 Å². The fraction of sp³-hybridized carbons (Fsp3) is 0.300. The summed E-state index contributed by atoms with van der Waals surface area (Å²) in [7, 11) is -1.18. The number of nitrogens with zero attached hydrogens (tertiary/aromatic N) is 3. The zero-order valence-corrected chi connectivity index (χ0v) is 17.9. The Labute approximate surface area is 170 Å². The van der Waals surface area contributed by atoms with Crippen LogP contribution < -0.4 is 0 Å². The molecule has 1 amide bonds. The summed E-state index contributed by atoms with van der Waals surface area (Å²) in [5.41, 5.74) is 1.25. The van der Waals surface area contributed by atoms with Gasteiger partial charge in [-0.25, -0.2) is 13.6 Å². The number of carbonyl (C=O) groups excluding carboxylic acids is 1. The van der Waals surface area contributed by atoms with Crippen LogP contribution in [0.25, 0.3) is 0 Å². The lowest BCUT2D eigenvalue weighted by molar-refractivity contribution is 0.100. The monoisotopic (exact) mass is 423 g/mol. The van der Waals surface area contributed by atoms with Crippen LogP contribution in [0.2, 0.25) is 5.02 Å². The number of aliphatic imine (C=N–C) groups is 1. The van der Waals surface area contributed by atoms with Crippen molar-refractivity contribution in [2.75, 3.05) is 19.3 Å². The molecule has 5 nitrogen and oxygen atoms in total. The Kier molecular flexibility index (Phi) is 7.32. The van der Waals surface area contributed by atoms with Gasteiger partial charge in [0.25, 0.3) is 5.91 Å². The average Bonchev–Trinajstić information content (AvgIpc) is 2.67. The molecular formula is C20H23ClFN3O2S. The predicted molar refractivity (Wildman–Crippen MR) is 113 cm³/mol. The molecule has 1 atom stereocenters. The first kappa shape index (κ1) is 22.0. The van der Waals surface area contributed by atoms with Crippen LogP contribution in [-0.4, -0.2) is 40.7 Å². The van der Waals surface area contributed by atoms with Crippen molar-refractivity contribution in [2.24, 2.45) is 9.36 Å². The Morgan fingerprint density at radius 3 is 2.61 bits per heavy atom. The summed E-state index contributed by atoms with van der Waals surface area (Å²) in [5.74, 6) is -1.16. The number of rotatable bonds is 6. The average molecular weight is 424 g/mol. The highest BCUT2D eigenvalue weighted by Gasteiger charge is 2.19. The highest BCUT2D eigenvalue weighted by molar-refractivity contribution is 7.94. The first-order chi connectivity index (χ1) is 13.2. The fourth-order valence-electron chi connectivity index (χ4n) is 2.41. The SMILES string of the molecule is CCN(C)C=Nc1cc(C)c(S(=O)(CC)=NC(=O)c2cccc(F)c2)cc1Cl. The van der Waals surface area contributed by atoms with Gasteiger partial charge in [0.2, 0.25) is 0 Å². The maximum Gasteiger partial charge on any atom is 0.285 e. The normalized spacial score (nSPS) is 13.4. The number of hydrogen-bond acceptors (Lipinski definition) is 3. The Morgan fingerprint density at radius 1 is 1.29 bits per heavy atom. The molecule has 1 unspecified atom stereocenters. The number of aryl methyl sites for hydroxylation is 1. The highest BCUT2D eigenvalue weighted by Crippen LogP contribution is 2.32. The maximum atomic E-state index is 13.4. The maximum absolute atomic E-state index is 13.4. The topological polar surface area (TPSA) is 62.1 Å². The standard InChI is InChI=1S/C20H23ClFN3O2S/c1-5-25(4)13-23-18-10-14(3)19(12-17(18)21)28(27,6-2)24-20(26)15-8-7-9-16(22)11-15/h7-13H,5-6H2,1-4H3. The van der Waals surface area contributed by atoms with Crippen molar-refractivity contribution in [3.05, 3.63) is 58.4 Å². The van der Waals surface area contributed by atoms with E-state index < -0.39 is 21.5 Å². The second-order valence-electron chi connectivity index (χ2n) is 6.22. The van der Waals surface area contributed by atoms with Crippen LogP contribution in [0.4, 0.5) is 10.1 Å². The van der Waals surface area contributed by atoms with Gasteiger partial charge in [-0.15, -0.1) is 0 Å². The zero-order chi connectivity index (χ0) is 20.9. The van der Waals surface area contributed by atoms with Crippen molar-refractivity contribution in [3.8, 4) is 0 Å². The zero-order valence-electron chi connectivity index (χ0n) is 16.3. The minimum atomic E-state index is -3.07. The minimum absolute atomic E-state index is 0.0498. The molecule has 2 aromatic rings. The molecule has 0 aliphatic rings. The van der Waals surface area contributed by atoms with Crippen LogP contribution in [0.3, 0.4) is 0 Å². The van der Waals surface area contributed by atoms with Crippen molar-refractivity contribution in [1.82, 2.24) is 4.90 Å². The summed E-state index contributed by atoms with van der Waals surface area (Å²) >= 11 is 6.33. The fourth-order valence-corrected chi connectivity index (χ4v) is 4.46. The Hall–Kier alpha value is -2.25. The third-order valence-corrected chi connectivity index (χ3v) is 6.85. The van der Waals surface area contributed by atoms with Gasteiger partial charge < -0.3 is 4.90 Å². The Morgan fingerprint density at radius 2 is 2.00 bits per heavy atom. The van der Waals surface area contributed by atoms with Gasteiger partial charge in [0.15, 0.2) is 0 Å². The van der Waals surface area contributed by atoms with E-state index in [1.807, 2.05) is 18.9 Å². The molecule has 0 spiro atoms. The van der Waals surface area contributed by atoms with Crippen LogP contribution in [0.15, 0.2) is 50.6 Å². The molecule has 0 fully saturated rings. The molecule has 0 aliphatic heterocycles. The number of carbonyl (C=O) groups is 1. The summed E-state index contributed by atoms with van der Waals surface area (Å²) in [6, 6.07) is 8.41. The highest BCUT2D eigenvalue weighted by atomic mass is 35.5. The van der Waals surface area contributed by atoms with E-state index in [1.54, 1.807) is 32.3 Å². The second-order valence-corrected chi connectivity index (χ2v) is 9.11. The Balaban J connectivity index is 2.50. The van der Waals surface area contributed by atoms with E-state index in [9.17, 15) is 13.4 Å². The molecular weight excluding hydrogens is 401 g/mol. The molecule has 0 aromatic heterocycles. The second kappa shape index (κ2) is 9.30. The van der Waals surface area contributed by atoms with E-state index in [-0.39, 0.29) is 11.3 Å². The van der Waals surface area contributed by atoms with E-state index in [0.29, 0.717) is 21.2 Å². The van der Waals surface area contributed by atoms with Gasteiger partial charge >= 0.3 is 0 Å². The van der Waals surface area contributed by atoms with Gasteiger partial charge in [0.1, 0.15) is 5.82 Å². The molecule has 0 radical (unpaired) electrons. The van der Waals surface area contributed by atoms with Crippen LogP contribution in [0.5, 0.6) is 0 Å². The van der Waals surface area contributed by atoms with Crippen LogP contribution in [-0.2, 0) is 9.73 Å². The molecule has 8 heteroatoms. The molecule has 0 N–H and O–H groups in total. The number of halogens is 2. The van der Waals surface area contributed by atoms with E-state index in [4.69, 9.17) is 11.6 Å². The van der Waals surface area contributed by atoms with E-state index in [2.05, 4.69) is 9.36 Å². The van der Waals surface area contributed by atoms with Gasteiger partial charge in [0, 0.05) is 24.9 Å². The molecule has 28 heavy (non-hydrogen) atoms. The third kappa shape index (κ3) is 5.17. The van der Waals surface area contributed by atoms with Crippen molar-refractivity contribution in [1.29, 1.82) is 0 Å². The van der Waals surface area contributed by atoms with Gasteiger partial charge in [-0.3, -0.25) is 4.79 Å². The van der Waals surface area contributed by atoms with Gasteiger partial charge in [0.05, 0.1) is 31.7 Å². The lowest BCUT2D eigenvalue weighted by Gasteiger charge is -2.13. The first-order valence-corrected chi connectivity index (χ1v) is 10.9. The van der Waals surface area contributed by atoms with Crippen molar-refractivity contribution < 1.29 is 13.4 Å². The molecule has 2 rings (SSSR count). The van der Waals surface area contributed by atoms with E-state index >= 15 is 0 Å². The lowest BCUT2D eigenvalue weighted by atomic mass is 10.2. The van der Waals surface area contributed by atoms with Gasteiger partial charge in [-0.05, 0) is 49.7 Å². The number of hydrogen-bond donors (Lipinski definition) is 0. The summed E-state index contributed by atoms with van der Waals surface area (Å²) in [5, 5.41) is 0.316. The predicted octanol–water partition coefficient (Wildman–Crippen LogP) is 5.09. The molecule has 2 aromatic carbocycles. The van der Waals surface area contributed by atoms with Gasteiger partial charge in [-0.1, -0.05) is 24.6 Å². The number of benzene rings is 2. The Bertz CT molecular complexity index is 1030. The van der Waals surface area contributed by atoms with Crippen LogP contribution >= 0.6 is 11.6 Å². The summed E-state index contributed by atoms with van der Waals surface area (Å²) < 4.78 is 30.8. The minimum Gasteiger partial charge on any atom is -0.366 e. The summed E-state index contributed by atoms with van der Waals surface area (Å²) in [6.07, 6.45) is 1.66. The quantitative estimate of drug-likeness (QED) is 0.480. The molecule has 0 heterocycles. The smallest absolute Gasteiger partial charge is 0.285 e. The molecule has 0 saturated carbocycles. The van der Waals surface area contributed by atoms with E-state index in [0.717, 1.165) is 12.6 Å². The van der Waals surface area contributed by atoms with Crippen molar-refractivity contribution >= 4 is 39.3 Å². The third-order valence-electron chi connectivity index (χ3n) is 4.17. The summed E-state index contributed by atoms with van der Waals surface area (Å²) in [6.45, 7) is 6.24.